The number of piperidine rings is 1. The number of likely N-dealkylation sites (tertiary alicyclic amines) is 1. The number of nitrogens with one attached hydrogen (secondary N) is 1. The Hall–Kier alpha value is -1.56. The van der Waals surface area contributed by atoms with Gasteiger partial charge in [0.15, 0.2) is 5.96 Å². The van der Waals surface area contributed by atoms with Crippen LogP contribution in [0.2, 0.25) is 0 Å². The summed E-state index contributed by atoms with van der Waals surface area (Å²) in [6, 6.07) is 0. The lowest BCUT2D eigenvalue weighted by molar-refractivity contribution is 0.195. The summed E-state index contributed by atoms with van der Waals surface area (Å²) in [5.74, 6) is 2.27. The first kappa shape index (κ1) is 19.8. The molecule has 1 fully saturated rings. The van der Waals surface area contributed by atoms with Crippen LogP contribution in [0, 0.1) is 5.92 Å². The lowest BCUT2D eigenvalue weighted by Crippen LogP contribution is -2.43. The number of aryl methyl sites for hydroxylation is 1. The summed E-state index contributed by atoms with van der Waals surface area (Å²) < 4.78 is 1.91. The van der Waals surface area contributed by atoms with E-state index in [2.05, 4.69) is 59.2 Å². The highest BCUT2D eigenvalue weighted by molar-refractivity contribution is 5.79. The molecule has 6 nitrogen and oxygen atoms in total. The number of hydrogen-bond acceptors (Lipinski definition) is 3. The van der Waals surface area contributed by atoms with Crippen molar-refractivity contribution in [3.05, 3.63) is 17.5 Å². The van der Waals surface area contributed by atoms with E-state index < -0.39 is 0 Å². The standard InChI is InChI=1S/C19H36N6/c1-15(2)18-17(14-24(6)22-18)13-23(5)19(20-4)21-9-12-25-10-7-16(3)8-11-25/h14-16H,7-13H2,1-6H3,(H,20,21). The summed E-state index contributed by atoms with van der Waals surface area (Å²) >= 11 is 0. The molecular weight excluding hydrogens is 312 g/mol. The third-order valence-electron chi connectivity index (χ3n) is 5.05. The largest absolute Gasteiger partial charge is 0.355 e. The fourth-order valence-corrected chi connectivity index (χ4v) is 3.49. The molecule has 1 aromatic heterocycles. The Labute approximate surface area is 153 Å². The van der Waals surface area contributed by atoms with Crippen molar-refractivity contribution in [2.45, 2.75) is 46.1 Å². The second kappa shape index (κ2) is 9.22. The maximum atomic E-state index is 4.60. The monoisotopic (exact) mass is 348 g/mol. The maximum absolute atomic E-state index is 4.60. The summed E-state index contributed by atoms with van der Waals surface area (Å²) in [6.45, 7) is 12.0. The first-order valence-corrected chi connectivity index (χ1v) is 9.57. The minimum Gasteiger partial charge on any atom is -0.355 e. The van der Waals surface area contributed by atoms with Gasteiger partial charge in [-0.3, -0.25) is 9.67 Å². The van der Waals surface area contributed by atoms with Crippen LogP contribution in [0.3, 0.4) is 0 Å². The van der Waals surface area contributed by atoms with Crippen LogP contribution >= 0.6 is 0 Å². The quantitative estimate of drug-likeness (QED) is 0.633. The third kappa shape index (κ3) is 5.73. The number of rotatable bonds is 6. The summed E-state index contributed by atoms with van der Waals surface area (Å²) in [6.07, 6.45) is 4.77. The van der Waals surface area contributed by atoms with E-state index in [0.717, 1.165) is 31.5 Å². The summed E-state index contributed by atoms with van der Waals surface area (Å²) in [7, 11) is 5.94. The molecule has 25 heavy (non-hydrogen) atoms. The van der Waals surface area contributed by atoms with Crippen molar-refractivity contribution >= 4 is 5.96 Å². The van der Waals surface area contributed by atoms with Crippen molar-refractivity contribution in [3.63, 3.8) is 0 Å². The summed E-state index contributed by atoms with van der Waals surface area (Å²) in [5.41, 5.74) is 2.44. The van der Waals surface area contributed by atoms with Gasteiger partial charge in [-0.1, -0.05) is 20.8 Å². The predicted octanol–water partition coefficient (Wildman–Crippen LogP) is 2.28. The van der Waals surface area contributed by atoms with Crippen molar-refractivity contribution in [2.24, 2.45) is 18.0 Å². The van der Waals surface area contributed by atoms with E-state index in [9.17, 15) is 0 Å². The van der Waals surface area contributed by atoms with Gasteiger partial charge in [-0.25, -0.2) is 0 Å². The number of hydrogen-bond donors (Lipinski definition) is 1. The topological polar surface area (TPSA) is 48.7 Å². The van der Waals surface area contributed by atoms with Gasteiger partial charge < -0.3 is 15.1 Å². The number of nitrogens with zero attached hydrogens (tertiary/aromatic N) is 5. The van der Waals surface area contributed by atoms with Gasteiger partial charge in [0.05, 0.1) is 5.69 Å². The van der Waals surface area contributed by atoms with E-state index in [1.807, 2.05) is 18.8 Å². The first-order chi connectivity index (χ1) is 11.9. The molecule has 1 aromatic rings. The molecule has 0 bridgehead atoms. The van der Waals surface area contributed by atoms with E-state index in [1.54, 1.807) is 0 Å². The van der Waals surface area contributed by atoms with Crippen LogP contribution in [-0.4, -0.2) is 65.8 Å². The van der Waals surface area contributed by atoms with E-state index >= 15 is 0 Å². The second-order valence-corrected chi connectivity index (χ2v) is 7.72. The Balaban J connectivity index is 1.84. The molecule has 1 saturated heterocycles. The molecule has 2 heterocycles. The minimum atomic E-state index is 0.432. The lowest BCUT2D eigenvalue weighted by atomic mass is 9.99. The first-order valence-electron chi connectivity index (χ1n) is 9.57. The van der Waals surface area contributed by atoms with Crippen LogP contribution in [0.5, 0.6) is 0 Å². The molecule has 1 aliphatic heterocycles. The Morgan fingerprint density at radius 1 is 1.40 bits per heavy atom. The molecule has 0 amide bonds. The molecule has 2 rings (SSSR count). The third-order valence-corrected chi connectivity index (χ3v) is 5.05. The fraction of sp³-hybridized carbons (Fsp3) is 0.789. The Morgan fingerprint density at radius 2 is 2.08 bits per heavy atom. The number of aliphatic imine (C=N–C) groups is 1. The predicted molar refractivity (Wildman–Crippen MR) is 105 cm³/mol. The van der Waals surface area contributed by atoms with Crippen molar-refractivity contribution in [1.29, 1.82) is 0 Å². The molecule has 0 spiro atoms. The van der Waals surface area contributed by atoms with Crippen LogP contribution in [-0.2, 0) is 13.6 Å². The normalized spacial score (nSPS) is 17.3. The van der Waals surface area contributed by atoms with Crippen LogP contribution < -0.4 is 5.32 Å². The molecular formula is C19H36N6. The van der Waals surface area contributed by atoms with Gasteiger partial charge in [0.1, 0.15) is 0 Å². The summed E-state index contributed by atoms with van der Waals surface area (Å²) in [4.78, 5) is 9.18. The van der Waals surface area contributed by atoms with E-state index in [4.69, 9.17) is 0 Å². The fourth-order valence-electron chi connectivity index (χ4n) is 3.49. The molecule has 0 radical (unpaired) electrons. The van der Waals surface area contributed by atoms with Crippen molar-refractivity contribution < 1.29 is 0 Å². The average molecular weight is 349 g/mol. The van der Waals surface area contributed by atoms with Crippen molar-refractivity contribution in [2.75, 3.05) is 40.3 Å². The zero-order chi connectivity index (χ0) is 18.4. The Kier molecular flexibility index (Phi) is 7.29. The molecule has 142 valence electrons. The summed E-state index contributed by atoms with van der Waals surface area (Å²) in [5, 5.41) is 8.11. The Morgan fingerprint density at radius 3 is 2.68 bits per heavy atom. The smallest absolute Gasteiger partial charge is 0.193 e. The molecule has 6 heteroatoms. The minimum absolute atomic E-state index is 0.432. The van der Waals surface area contributed by atoms with Gasteiger partial charge >= 0.3 is 0 Å². The lowest BCUT2D eigenvalue weighted by Gasteiger charge is -2.30. The molecule has 1 N–H and O–H groups in total. The van der Waals surface area contributed by atoms with Gasteiger partial charge in [0, 0.05) is 52.5 Å². The van der Waals surface area contributed by atoms with Gasteiger partial charge in [0.2, 0.25) is 0 Å². The van der Waals surface area contributed by atoms with Crippen LogP contribution in [0.15, 0.2) is 11.2 Å². The van der Waals surface area contributed by atoms with E-state index in [-0.39, 0.29) is 0 Å². The van der Waals surface area contributed by atoms with Crippen LogP contribution in [0.25, 0.3) is 0 Å². The van der Waals surface area contributed by atoms with Crippen molar-refractivity contribution in [3.8, 4) is 0 Å². The zero-order valence-corrected chi connectivity index (χ0v) is 16.9. The van der Waals surface area contributed by atoms with Gasteiger partial charge in [-0.2, -0.15) is 5.10 Å². The highest BCUT2D eigenvalue weighted by Crippen LogP contribution is 2.18. The average Bonchev–Trinajstić information content (AvgIpc) is 2.94. The molecule has 0 atom stereocenters. The zero-order valence-electron chi connectivity index (χ0n) is 16.9. The molecule has 0 saturated carbocycles. The molecule has 0 aliphatic carbocycles. The highest BCUT2D eigenvalue weighted by Gasteiger charge is 2.17. The second-order valence-electron chi connectivity index (χ2n) is 7.72. The van der Waals surface area contributed by atoms with Gasteiger partial charge in [-0.15, -0.1) is 0 Å². The number of aromatic nitrogens is 2. The van der Waals surface area contributed by atoms with Crippen molar-refractivity contribution in [1.82, 2.24) is 24.9 Å². The van der Waals surface area contributed by atoms with Gasteiger partial charge in [0.25, 0.3) is 0 Å². The van der Waals surface area contributed by atoms with Crippen LogP contribution in [0.4, 0.5) is 0 Å². The SMILES string of the molecule is CN=C(NCCN1CCC(C)CC1)N(C)Cc1cn(C)nc1C(C)C. The van der Waals surface area contributed by atoms with E-state index in [0.29, 0.717) is 5.92 Å². The maximum Gasteiger partial charge on any atom is 0.193 e. The molecule has 0 unspecified atom stereocenters. The van der Waals surface area contributed by atoms with Gasteiger partial charge in [-0.05, 0) is 37.8 Å². The van der Waals surface area contributed by atoms with E-state index in [1.165, 1.54) is 37.2 Å². The van der Waals surface area contributed by atoms with Crippen LogP contribution in [0.1, 0.15) is 50.8 Å². The highest BCUT2D eigenvalue weighted by atomic mass is 15.3. The molecule has 1 aliphatic rings. The molecule has 0 aromatic carbocycles. The Bertz CT molecular complexity index is 554. The number of guanidine groups is 1.